The number of carbonyl (C=O) groups excluding carboxylic acids is 2. The summed E-state index contributed by atoms with van der Waals surface area (Å²) in [5.41, 5.74) is 0.872. The molecule has 0 spiro atoms. The van der Waals surface area contributed by atoms with E-state index in [0.717, 1.165) is 43.6 Å². The van der Waals surface area contributed by atoms with Crippen molar-refractivity contribution in [3.63, 3.8) is 0 Å². The Hall–Kier alpha value is -3.23. The summed E-state index contributed by atoms with van der Waals surface area (Å²) in [6.45, 7) is 0.00352. The molecule has 1 saturated carbocycles. The molecule has 1 fully saturated rings. The Morgan fingerprint density at radius 2 is 1.76 bits per heavy atom. The predicted octanol–water partition coefficient (Wildman–Crippen LogP) is 2.35. The van der Waals surface area contributed by atoms with Gasteiger partial charge >= 0.3 is 12.1 Å². The molecule has 2 N–H and O–H groups in total. The van der Waals surface area contributed by atoms with Crippen LogP contribution < -0.4 is 15.4 Å². The number of ether oxygens (including phenoxy) is 2. The van der Waals surface area contributed by atoms with E-state index >= 15 is 0 Å². The second kappa shape index (κ2) is 10.4. The average Bonchev–Trinajstić information content (AvgIpc) is 2.74. The van der Waals surface area contributed by atoms with Crippen LogP contribution in [-0.4, -0.2) is 40.7 Å². The molecule has 3 rings (SSSR count). The Labute approximate surface area is 167 Å². The summed E-state index contributed by atoms with van der Waals surface area (Å²) in [6.07, 6.45) is 4.32. The number of hydrogen-bond acceptors (Lipinski definition) is 6. The van der Waals surface area contributed by atoms with Crippen LogP contribution in [0.3, 0.4) is 0 Å². The van der Waals surface area contributed by atoms with Crippen molar-refractivity contribution in [1.29, 1.82) is 0 Å². The molecule has 1 aliphatic rings. The molecular formula is C20H23FN4O4. The van der Waals surface area contributed by atoms with Gasteiger partial charge in [0.05, 0.1) is 12.4 Å². The summed E-state index contributed by atoms with van der Waals surface area (Å²) in [5.74, 6) is -0.783. The Morgan fingerprint density at radius 3 is 2.45 bits per heavy atom. The molecule has 0 aliphatic heterocycles. The van der Waals surface area contributed by atoms with Crippen molar-refractivity contribution in [2.45, 2.75) is 44.4 Å². The van der Waals surface area contributed by atoms with Crippen molar-refractivity contribution in [2.24, 2.45) is 0 Å². The second-order valence-electron chi connectivity index (χ2n) is 6.76. The van der Waals surface area contributed by atoms with E-state index in [2.05, 4.69) is 20.6 Å². The minimum Gasteiger partial charge on any atom is -0.460 e. The zero-order chi connectivity index (χ0) is 20.5. The molecule has 29 heavy (non-hydrogen) atoms. The van der Waals surface area contributed by atoms with Crippen LogP contribution in [0, 0.1) is 5.82 Å². The summed E-state index contributed by atoms with van der Waals surface area (Å²) in [4.78, 5) is 31.3. The molecule has 9 heteroatoms. The predicted molar refractivity (Wildman–Crippen MR) is 101 cm³/mol. The lowest BCUT2D eigenvalue weighted by Gasteiger charge is -2.28. The minimum absolute atomic E-state index is 0.0126. The van der Waals surface area contributed by atoms with Crippen LogP contribution in [0.15, 0.2) is 42.7 Å². The normalized spacial score (nSPS) is 18.5. The van der Waals surface area contributed by atoms with Crippen LogP contribution in [0.4, 0.5) is 9.18 Å². The van der Waals surface area contributed by atoms with Gasteiger partial charge in [-0.3, -0.25) is 4.79 Å². The topological polar surface area (TPSA) is 102 Å². The number of hydrogen-bond donors (Lipinski definition) is 2. The highest BCUT2D eigenvalue weighted by molar-refractivity contribution is 5.82. The van der Waals surface area contributed by atoms with Crippen LogP contribution in [0.25, 0.3) is 0 Å². The van der Waals surface area contributed by atoms with Gasteiger partial charge in [-0.25, -0.2) is 19.2 Å². The number of carbonyl (C=O) groups is 2. The van der Waals surface area contributed by atoms with Crippen molar-refractivity contribution < 1.29 is 23.5 Å². The first-order chi connectivity index (χ1) is 14.1. The first-order valence-electron chi connectivity index (χ1n) is 9.46. The van der Waals surface area contributed by atoms with Gasteiger partial charge < -0.3 is 20.1 Å². The van der Waals surface area contributed by atoms with Crippen LogP contribution in [-0.2, 0) is 16.1 Å². The number of amides is 2. The molecule has 1 aromatic heterocycles. The van der Waals surface area contributed by atoms with E-state index in [1.807, 2.05) is 30.3 Å². The zero-order valence-corrected chi connectivity index (χ0v) is 15.8. The van der Waals surface area contributed by atoms with Gasteiger partial charge in [-0.2, -0.15) is 0 Å². The lowest BCUT2D eigenvalue weighted by atomic mass is 9.93. The standard InChI is InChI=1S/C20H23FN4O4/c21-15-10-22-19(23-11-15)29-17-8-6-16(7-9-17)25-18(26)12-24-20(27)28-13-14-4-2-1-3-5-14/h1-5,10-11,16-17H,6-9,12-13H2,(H,24,27)(H,25,26). The van der Waals surface area contributed by atoms with Crippen molar-refractivity contribution in [1.82, 2.24) is 20.6 Å². The first-order valence-corrected chi connectivity index (χ1v) is 9.46. The van der Waals surface area contributed by atoms with Crippen LogP contribution in [0.2, 0.25) is 0 Å². The molecule has 0 atom stereocenters. The molecule has 0 unspecified atom stereocenters. The van der Waals surface area contributed by atoms with Crippen molar-refractivity contribution in [3.8, 4) is 6.01 Å². The molecule has 8 nitrogen and oxygen atoms in total. The Kier molecular flexibility index (Phi) is 7.32. The Morgan fingerprint density at radius 1 is 1.07 bits per heavy atom. The molecule has 1 aliphatic carbocycles. The molecule has 1 aromatic carbocycles. The molecule has 154 valence electrons. The average molecular weight is 402 g/mol. The number of nitrogens with zero attached hydrogens (tertiary/aromatic N) is 2. The van der Waals surface area contributed by atoms with Crippen LogP contribution in [0.5, 0.6) is 6.01 Å². The summed E-state index contributed by atoms with van der Waals surface area (Å²) >= 11 is 0. The quantitative estimate of drug-likeness (QED) is 0.737. The number of benzene rings is 1. The van der Waals surface area contributed by atoms with Gasteiger partial charge in [-0.05, 0) is 31.2 Å². The molecule has 0 radical (unpaired) electrons. The highest BCUT2D eigenvalue weighted by Crippen LogP contribution is 2.22. The molecule has 1 heterocycles. The fourth-order valence-electron chi connectivity index (χ4n) is 3.04. The number of halogens is 1. The van der Waals surface area contributed by atoms with Gasteiger partial charge in [0.15, 0.2) is 5.82 Å². The third kappa shape index (κ3) is 7.02. The van der Waals surface area contributed by atoms with Gasteiger partial charge in [0, 0.05) is 6.04 Å². The van der Waals surface area contributed by atoms with E-state index in [4.69, 9.17) is 9.47 Å². The Bertz CT molecular complexity index is 796. The third-order valence-electron chi connectivity index (χ3n) is 4.51. The second-order valence-corrected chi connectivity index (χ2v) is 6.76. The summed E-state index contributed by atoms with van der Waals surface area (Å²) in [7, 11) is 0. The third-order valence-corrected chi connectivity index (χ3v) is 4.51. The lowest BCUT2D eigenvalue weighted by Crippen LogP contribution is -2.44. The zero-order valence-electron chi connectivity index (χ0n) is 15.8. The van der Waals surface area contributed by atoms with Gasteiger partial charge in [0.1, 0.15) is 19.3 Å². The van der Waals surface area contributed by atoms with Crippen LogP contribution >= 0.6 is 0 Å². The highest BCUT2D eigenvalue weighted by Gasteiger charge is 2.24. The maximum Gasteiger partial charge on any atom is 0.407 e. The minimum atomic E-state index is -0.639. The van der Waals surface area contributed by atoms with E-state index in [1.165, 1.54) is 0 Å². The van der Waals surface area contributed by atoms with Gasteiger partial charge in [0.25, 0.3) is 0 Å². The monoisotopic (exact) mass is 402 g/mol. The largest absolute Gasteiger partial charge is 0.460 e. The summed E-state index contributed by atoms with van der Waals surface area (Å²) in [6, 6.07) is 9.46. The summed E-state index contributed by atoms with van der Waals surface area (Å²) in [5, 5.41) is 5.34. The Balaban J connectivity index is 1.30. The maximum absolute atomic E-state index is 12.8. The van der Waals surface area contributed by atoms with Gasteiger partial charge in [-0.15, -0.1) is 0 Å². The fourth-order valence-corrected chi connectivity index (χ4v) is 3.04. The van der Waals surface area contributed by atoms with E-state index in [0.29, 0.717) is 0 Å². The van der Waals surface area contributed by atoms with E-state index < -0.39 is 11.9 Å². The lowest BCUT2D eigenvalue weighted by molar-refractivity contribution is -0.121. The number of nitrogens with one attached hydrogen (secondary N) is 2. The van der Waals surface area contributed by atoms with Crippen molar-refractivity contribution in [3.05, 3.63) is 54.1 Å². The smallest absolute Gasteiger partial charge is 0.407 e. The van der Waals surface area contributed by atoms with Crippen LogP contribution in [0.1, 0.15) is 31.2 Å². The molecular weight excluding hydrogens is 379 g/mol. The molecule has 2 amide bonds. The number of rotatable bonds is 7. The number of alkyl carbamates (subject to hydrolysis) is 1. The van der Waals surface area contributed by atoms with E-state index in [-0.39, 0.29) is 37.2 Å². The summed E-state index contributed by atoms with van der Waals surface area (Å²) < 4.78 is 23.5. The van der Waals surface area contributed by atoms with Gasteiger partial charge in [-0.1, -0.05) is 30.3 Å². The van der Waals surface area contributed by atoms with Crippen molar-refractivity contribution >= 4 is 12.0 Å². The first kappa shape index (κ1) is 20.5. The molecule has 0 bridgehead atoms. The van der Waals surface area contributed by atoms with Gasteiger partial charge in [0.2, 0.25) is 5.91 Å². The maximum atomic E-state index is 12.8. The fraction of sp³-hybridized carbons (Fsp3) is 0.400. The van der Waals surface area contributed by atoms with Crippen molar-refractivity contribution in [2.75, 3.05) is 6.54 Å². The molecule has 2 aromatic rings. The van der Waals surface area contributed by atoms with E-state index in [1.54, 1.807) is 0 Å². The highest BCUT2D eigenvalue weighted by atomic mass is 19.1. The number of aromatic nitrogens is 2. The van der Waals surface area contributed by atoms with E-state index in [9.17, 15) is 14.0 Å². The molecule has 0 saturated heterocycles. The SMILES string of the molecule is O=C(CNC(=O)OCc1ccccc1)NC1CCC(Oc2ncc(F)cn2)CC1.